The lowest BCUT2D eigenvalue weighted by atomic mass is 10.1. The number of hydrogen-bond acceptors (Lipinski definition) is 2. The van der Waals surface area contributed by atoms with Gasteiger partial charge in [0.2, 0.25) is 5.82 Å². The summed E-state index contributed by atoms with van der Waals surface area (Å²) in [5, 5.41) is 0. The summed E-state index contributed by atoms with van der Waals surface area (Å²) in [5.74, 6) is -11.2. The van der Waals surface area contributed by atoms with E-state index >= 15 is 0 Å². The number of hydrogen-bond donors (Lipinski definition) is 0. The molecule has 2 nitrogen and oxygen atoms in total. The summed E-state index contributed by atoms with van der Waals surface area (Å²) in [6, 6.07) is 0. The van der Waals surface area contributed by atoms with E-state index in [0.29, 0.717) is 0 Å². The monoisotopic (exact) mass is 283 g/mol. The fraction of sp³-hybridized carbons (Fsp3) is 0.100. The molecule has 0 aliphatic carbocycles. The second-order valence-corrected chi connectivity index (χ2v) is 3.47. The first-order chi connectivity index (χ1) is 8.49. The second-order valence-electron chi connectivity index (χ2n) is 3.21. The van der Waals surface area contributed by atoms with Crippen molar-refractivity contribution >= 4 is 11.6 Å². The Hall–Kier alpha value is -1.63. The Bertz CT molecular complexity index is 584. The minimum Gasteiger partial charge on any atom is -0.443 e. The summed E-state index contributed by atoms with van der Waals surface area (Å²) in [5.41, 5.74) is -1.31. The molecule has 0 spiro atoms. The van der Waals surface area contributed by atoms with Crippen molar-refractivity contribution in [3.05, 3.63) is 41.2 Å². The number of nitrogens with zero attached hydrogens (tertiary/aromatic N) is 1. The minimum atomic E-state index is -2.24. The van der Waals surface area contributed by atoms with Gasteiger partial charge < -0.3 is 4.42 Å². The molecule has 0 radical (unpaired) electrons. The van der Waals surface area contributed by atoms with Crippen LogP contribution in [-0.2, 0) is 5.88 Å². The quantitative estimate of drug-likeness (QED) is 0.363. The number of aromatic nitrogens is 1. The maximum atomic E-state index is 13.4. The summed E-state index contributed by atoms with van der Waals surface area (Å²) in [6.45, 7) is 0. The Morgan fingerprint density at radius 2 is 1.44 bits per heavy atom. The highest BCUT2D eigenvalue weighted by molar-refractivity contribution is 6.17. The molecule has 1 aromatic heterocycles. The van der Waals surface area contributed by atoms with Gasteiger partial charge in [-0.2, -0.15) is 0 Å². The van der Waals surface area contributed by atoms with Gasteiger partial charge in [-0.15, -0.1) is 11.6 Å². The Morgan fingerprint density at radius 3 is 1.94 bits per heavy atom. The summed E-state index contributed by atoms with van der Waals surface area (Å²) < 4.78 is 70.3. The van der Waals surface area contributed by atoms with E-state index in [-0.39, 0.29) is 11.6 Å². The molecule has 96 valence electrons. The highest BCUT2D eigenvalue weighted by atomic mass is 35.5. The third-order valence-corrected chi connectivity index (χ3v) is 2.46. The van der Waals surface area contributed by atoms with E-state index in [0.717, 1.165) is 6.39 Å². The summed E-state index contributed by atoms with van der Waals surface area (Å²) in [6.07, 6.45) is 0.797. The van der Waals surface area contributed by atoms with Crippen LogP contribution in [0.5, 0.6) is 0 Å². The summed E-state index contributed by atoms with van der Waals surface area (Å²) in [7, 11) is 0. The van der Waals surface area contributed by atoms with Crippen LogP contribution in [0.1, 0.15) is 5.69 Å². The van der Waals surface area contributed by atoms with Gasteiger partial charge in [-0.1, -0.05) is 0 Å². The fourth-order valence-corrected chi connectivity index (χ4v) is 1.56. The predicted molar refractivity (Wildman–Crippen MR) is 51.3 cm³/mol. The van der Waals surface area contributed by atoms with Crippen LogP contribution < -0.4 is 0 Å². The molecule has 2 aromatic rings. The Balaban J connectivity index is 2.80. The fourth-order valence-electron chi connectivity index (χ4n) is 1.37. The topological polar surface area (TPSA) is 26.0 Å². The van der Waals surface area contributed by atoms with Crippen LogP contribution in [0, 0.1) is 29.1 Å². The van der Waals surface area contributed by atoms with Gasteiger partial charge in [0.1, 0.15) is 5.69 Å². The maximum Gasteiger partial charge on any atom is 0.200 e. The molecule has 0 aliphatic heterocycles. The summed E-state index contributed by atoms with van der Waals surface area (Å²) in [4.78, 5) is 3.50. The van der Waals surface area contributed by atoms with Crippen molar-refractivity contribution < 1.29 is 26.4 Å². The van der Waals surface area contributed by atoms with Crippen LogP contribution in [-0.4, -0.2) is 4.98 Å². The highest BCUT2D eigenvalue weighted by Gasteiger charge is 2.29. The lowest BCUT2D eigenvalue weighted by molar-refractivity contribution is 0.378. The van der Waals surface area contributed by atoms with E-state index in [1.807, 2.05) is 0 Å². The molecule has 0 bridgehead atoms. The van der Waals surface area contributed by atoms with E-state index in [1.54, 1.807) is 0 Å². The van der Waals surface area contributed by atoms with E-state index in [1.165, 1.54) is 0 Å². The zero-order valence-electron chi connectivity index (χ0n) is 8.41. The first kappa shape index (κ1) is 12.8. The number of oxazole rings is 1. The molecule has 0 aliphatic rings. The van der Waals surface area contributed by atoms with Crippen molar-refractivity contribution in [1.29, 1.82) is 0 Å². The van der Waals surface area contributed by atoms with Crippen LogP contribution in [0.2, 0.25) is 0 Å². The van der Waals surface area contributed by atoms with Crippen LogP contribution in [0.4, 0.5) is 22.0 Å². The van der Waals surface area contributed by atoms with Crippen molar-refractivity contribution in [3.8, 4) is 11.3 Å². The largest absolute Gasteiger partial charge is 0.443 e. The molecule has 0 N–H and O–H groups in total. The van der Waals surface area contributed by atoms with Gasteiger partial charge in [0.25, 0.3) is 0 Å². The highest BCUT2D eigenvalue weighted by Crippen LogP contribution is 2.33. The van der Waals surface area contributed by atoms with Crippen molar-refractivity contribution in [2.45, 2.75) is 5.88 Å². The zero-order chi connectivity index (χ0) is 13.4. The molecule has 18 heavy (non-hydrogen) atoms. The molecular formula is C10H3ClF5NO. The molecule has 0 atom stereocenters. The minimum absolute atomic E-state index is 0.125. The van der Waals surface area contributed by atoms with Crippen molar-refractivity contribution in [2.75, 3.05) is 0 Å². The molecule has 0 amide bonds. The smallest absolute Gasteiger partial charge is 0.200 e. The van der Waals surface area contributed by atoms with E-state index in [2.05, 4.69) is 9.40 Å². The molecule has 0 saturated heterocycles. The Kier molecular flexibility index (Phi) is 3.25. The Labute approximate surface area is 102 Å². The maximum absolute atomic E-state index is 13.4. The molecular weight excluding hydrogens is 281 g/mol. The molecule has 8 heteroatoms. The van der Waals surface area contributed by atoms with E-state index in [4.69, 9.17) is 11.6 Å². The van der Waals surface area contributed by atoms with Crippen LogP contribution in [0.3, 0.4) is 0 Å². The van der Waals surface area contributed by atoms with Crippen molar-refractivity contribution in [2.24, 2.45) is 0 Å². The van der Waals surface area contributed by atoms with Crippen LogP contribution >= 0.6 is 11.6 Å². The lowest BCUT2D eigenvalue weighted by Gasteiger charge is -2.06. The van der Waals surface area contributed by atoms with Crippen molar-refractivity contribution in [1.82, 2.24) is 4.98 Å². The van der Waals surface area contributed by atoms with Gasteiger partial charge >= 0.3 is 0 Å². The first-order valence-corrected chi connectivity index (χ1v) is 5.02. The number of rotatable bonds is 2. The van der Waals surface area contributed by atoms with Gasteiger partial charge in [-0.25, -0.2) is 26.9 Å². The van der Waals surface area contributed by atoms with E-state index in [9.17, 15) is 22.0 Å². The zero-order valence-corrected chi connectivity index (χ0v) is 9.16. The van der Waals surface area contributed by atoms with Gasteiger partial charge in [0, 0.05) is 0 Å². The molecule has 2 rings (SSSR count). The lowest BCUT2D eigenvalue weighted by Crippen LogP contribution is -2.04. The second kappa shape index (κ2) is 4.56. The number of alkyl halides is 1. The third kappa shape index (κ3) is 1.74. The SMILES string of the molecule is Fc1c(F)c(F)c(-c2ocnc2CCl)c(F)c1F. The molecule has 1 heterocycles. The van der Waals surface area contributed by atoms with Gasteiger partial charge in [-0.3, -0.25) is 0 Å². The van der Waals surface area contributed by atoms with Gasteiger partial charge in [0.15, 0.2) is 35.4 Å². The molecule has 0 unspecified atom stereocenters. The average molecular weight is 284 g/mol. The average Bonchev–Trinajstić information content (AvgIpc) is 2.82. The normalized spacial score (nSPS) is 11.0. The van der Waals surface area contributed by atoms with Crippen molar-refractivity contribution in [3.63, 3.8) is 0 Å². The molecule has 0 saturated carbocycles. The van der Waals surface area contributed by atoms with Gasteiger partial charge in [-0.05, 0) is 0 Å². The predicted octanol–water partition coefficient (Wildman–Crippen LogP) is 3.78. The van der Waals surface area contributed by atoms with E-state index < -0.39 is 40.4 Å². The van der Waals surface area contributed by atoms with Crippen LogP contribution in [0.15, 0.2) is 10.8 Å². The Morgan fingerprint density at radius 1 is 0.944 bits per heavy atom. The number of halogens is 6. The van der Waals surface area contributed by atoms with Crippen LogP contribution in [0.25, 0.3) is 11.3 Å². The third-order valence-electron chi connectivity index (χ3n) is 2.20. The standard InChI is InChI=1S/C10H3ClF5NO/c11-1-3-10(18-2-17-3)4-5(12)7(14)9(16)8(15)6(4)13/h2H,1H2. The number of benzene rings is 1. The van der Waals surface area contributed by atoms with Gasteiger partial charge in [0.05, 0.1) is 11.4 Å². The molecule has 1 aromatic carbocycles. The first-order valence-electron chi connectivity index (χ1n) is 4.49. The molecule has 0 fully saturated rings. The summed E-state index contributed by atoms with van der Waals surface area (Å²) >= 11 is 5.41.